The summed E-state index contributed by atoms with van der Waals surface area (Å²) in [5.41, 5.74) is 10.8. The molecule has 3 aromatic carbocycles. The molecule has 1 nitrogen and oxygen atoms in total. The van der Waals surface area contributed by atoms with E-state index in [0.717, 1.165) is 12.8 Å². The number of nitrogens with zero attached hydrogens (tertiary/aromatic N) is 1. The Balaban J connectivity index is 1.69. The van der Waals surface area contributed by atoms with Gasteiger partial charge in [0.15, 0.2) is 0 Å². The summed E-state index contributed by atoms with van der Waals surface area (Å²) in [5.74, 6) is 0.416. The van der Waals surface area contributed by atoms with Gasteiger partial charge in [0, 0.05) is 23.9 Å². The van der Waals surface area contributed by atoms with Crippen LogP contribution in [0, 0.1) is 0 Å². The quantitative estimate of drug-likeness (QED) is 0.397. The fraction of sp³-hybridized carbons (Fsp3) is 0.148. The van der Waals surface area contributed by atoms with E-state index in [9.17, 15) is 0 Å². The van der Waals surface area contributed by atoms with Gasteiger partial charge in [-0.15, -0.1) is 0 Å². The highest BCUT2D eigenvalue weighted by molar-refractivity contribution is 5.80. The number of hydrogen-bond donors (Lipinski definition) is 0. The molecule has 0 spiro atoms. The minimum absolute atomic E-state index is 0.416. The van der Waals surface area contributed by atoms with Crippen LogP contribution in [-0.2, 0) is 12.8 Å². The summed E-state index contributed by atoms with van der Waals surface area (Å²) in [5, 5.41) is 0. The van der Waals surface area contributed by atoms with E-state index in [1.807, 2.05) is 18.5 Å². The molecule has 1 heteroatoms. The predicted molar refractivity (Wildman–Crippen MR) is 116 cm³/mol. The molecule has 0 saturated carbocycles. The van der Waals surface area contributed by atoms with Gasteiger partial charge in [0.2, 0.25) is 0 Å². The zero-order valence-corrected chi connectivity index (χ0v) is 16.1. The number of fused-ring (bicyclic) bond motifs is 3. The van der Waals surface area contributed by atoms with Crippen LogP contribution in [-0.4, -0.2) is 4.98 Å². The maximum Gasteiger partial charge on any atom is 0.0346 e. The van der Waals surface area contributed by atoms with Crippen LogP contribution in [0.25, 0.3) is 22.3 Å². The average Bonchev–Trinajstić information content (AvgIpc) is 2.79. The molecular weight excluding hydrogens is 338 g/mol. The molecule has 4 aromatic rings. The van der Waals surface area contributed by atoms with Gasteiger partial charge in [-0.3, -0.25) is 4.98 Å². The van der Waals surface area contributed by atoms with Crippen LogP contribution < -0.4 is 0 Å². The van der Waals surface area contributed by atoms with Crippen molar-refractivity contribution in [2.75, 3.05) is 0 Å². The Hall–Kier alpha value is -3.19. The first-order valence-electron chi connectivity index (χ1n) is 10.0. The van der Waals surface area contributed by atoms with Gasteiger partial charge < -0.3 is 0 Å². The van der Waals surface area contributed by atoms with Gasteiger partial charge in [0.1, 0.15) is 0 Å². The standard InChI is InChI=1S/C27H23N/c1-2-19-10-13-24-25(20-7-4-3-5-8-20)17-22-12-11-21(16-26(22)27(24)15-19)23-9-6-14-28-18-23/h3-16,18,25H,2,17H2,1H3. The topological polar surface area (TPSA) is 12.9 Å². The number of hydrogen-bond acceptors (Lipinski definition) is 1. The molecule has 1 heterocycles. The van der Waals surface area contributed by atoms with Gasteiger partial charge in [0.05, 0.1) is 0 Å². The number of rotatable bonds is 3. The van der Waals surface area contributed by atoms with Crippen molar-refractivity contribution in [1.82, 2.24) is 4.98 Å². The van der Waals surface area contributed by atoms with Crippen molar-refractivity contribution < 1.29 is 0 Å². The number of pyridine rings is 1. The van der Waals surface area contributed by atoms with E-state index in [1.54, 1.807) is 0 Å². The third-order valence-electron chi connectivity index (χ3n) is 5.92. The molecule has 0 aliphatic heterocycles. The Morgan fingerprint density at radius 2 is 1.71 bits per heavy atom. The van der Waals surface area contributed by atoms with E-state index >= 15 is 0 Å². The summed E-state index contributed by atoms with van der Waals surface area (Å²) in [6.07, 6.45) is 5.88. The molecule has 1 unspecified atom stereocenters. The third kappa shape index (κ3) is 2.93. The van der Waals surface area contributed by atoms with Gasteiger partial charge in [-0.05, 0) is 63.9 Å². The maximum absolute atomic E-state index is 4.30. The molecule has 0 amide bonds. The third-order valence-corrected chi connectivity index (χ3v) is 5.92. The minimum atomic E-state index is 0.416. The van der Waals surface area contributed by atoms with Crippen molar-refractivity contribution in [2.45, 2.75) is 25.7 Å². The zero-order valence-electron chi connectivity index (χ0n) is 16.1. The molecule has 136 valence electrons. The summed E-state index contributed by atoms with van der Waals surface area (Å²) in [6, 6.07) is 29.0. The van der Waals surface area contributed by atoms with Crippen molar-refractivity contribution in [3.05, 3.63) is 114 Å². The molecule has 1 atom stereocenters. The summed E-state index contributed by atoms with van der Waals surface area (Å²) < 4.78 is 0. The molecule has 0 N–H and O–H groups in total. The number of aromatic nitrogens is 1. The smallest absolute Gasteiger partial charge is 0.0346 e. The van der Waals surface area contributed by atoms with Crippen molar-refractivity contribution in [2.24, 2.45) is 0 Å². The SMILES string of the molecule is CCc1ccc2c(c1)-c1cc(-c3cccnc3)ccc1CC2c1ccccc1. The normalized spacial score (nSPS) is 15.0. The van der Waals surface area contributed by atoms with Gasteiger partial charge in [-0.2, -0.15) is 0 Å². The van der Waals surface area contributed by atoms with Gasteiger partial charge in [0.25, 0.3) is 0 Å². The Morgan fingerprint density at radius 1 is 0.821 bits per heavy atom. The first-order valence-corrected chi connectivity index (χ1v) is 10.0. The van der Waals surface area contributed by atoms with Crippen LogP contribution in [0.5, 0.6) is 0 Å². The molecule has 1 aromatic heterocycles. The monoisotopic (exact) mass is 361 g/mol. The average molecular weight is 361 g/mol. The van der Waals surface area contributed by atoms with Crippen LogP contribution >= 0.6 is 0 Å². The highest BCUT2D eigenvalue weighted by atomic mass is 14.6. The molecular formula is C27H23N. The first-order chi connectivity index (χ1) is 13.8. The Bertz CT molecular complexity index is 1110. The lowest BCUT2D eigenvalue weighted by Crippen LogP contribution is -2.13. The van der Waals surface area contributed by atoms with Crippen LogP contribution in [0.15, 0.2) is 91.3 Å². The minimum Gasteiger partial charge on any atom is -0.264 e. The maximum atomic E-state index is 4.30. The largest absolute Gasteiger partial charge is 0.264 e. The molecule has 1 aliphatic rings. The zero-order chi connectivity index (χ0) is 18.9. The van der Waals surface area contributed by atoms with E-state index in [4.69, 9.17) is 0 Å². The Morgan fingerprint density at radius 3 is 2.50 bits per heavy atom. The van der Waals surface area contributed by atoms with Crippen molar-refractivity contribution in [1.29, 1.82) is 0 Å². The van der Waals surface area contributed by atoms with Crippen molar-refractivity contribution >= 4 is 0 Å². The lowest BCUT2D eigenvalue weighted by Gasteiger charge is -2.29. The molecule has 0 fully saturated rings. The second-order valence-electron chi connectivity index (χ2n) is 7.56. The van der Waals surface area contributed by atoms with Crippen LogP contribution in [0.4, 0.5) is 0 Å². The van der Waals surface area contributed by atoms with Crippen LogP contribution in [0.2, 0.25) is 0 Å². The van der Waals surface area contributed by atoms with Gasteiger partial charge in [-0.1, -0.05) is 73.7 Å². The molecule has 0 saturated heterocycles. The summed E-state index contributed by atoms with van der Waals surface area (Å²) >= 11 is 0. The van der Waals surface area contributed by atoms with Crippen LogP contribution in [0.3, 0.4) is 0 Å². The molecule has 1 aliphatic carbocycles. The summed E-state index contributed by atoms with van der Waals surface area (Å²) in [7, 11) is 0. The second kappa shape index (κ2) is 7.09. The highest BCUT2D eigenvalue weighted by Crippen LogP contribution is 2.44. The molecule has 0 bridgehead atoms. The molecule has 0 radical (unpaired) electrons. The second-order valence-corrected chi connectivity index (χ2v) is 7.56. The van der Waals surface area contributed by atoms with E-state index in [1.165, 1.54) is 44.5 Å². The highest BCUT2D eigenvalue weighted by Gasteiger charge is 2.26. The van der Waals surface area contributed by atoms with Gasteiger partial charge in [-0.25, -0.2) is 0 Å². The van der Waals surface area contributed by atoms with E-state index < -0.39 is 0 Å². The van der Waals surface area contributed by atoms with Crippen molar-refractivity contribution in [3.63, 3.8) is 0 Å². The van der Waals surface area contributed by atoms with E-state index in [-0.39, 0.29) is 0 Å². The summed E-state index contributed by atoms with van der Waals surface area (Å²) in [4.78, 5) is 4.30. The lowest BCUT2D eigenvalue weighted by molar-refractivity contribution is 0.793. The predicted octanol–water partition coefficient (Wildman–Crippen LogP) is 6.67. The van der Waals surface area contributed by atoms with E-state index in [0.29, 0.717) is 5.92 Å². The van der Waals surface area contributed by atoms with Crippen molar-refractivity contribution in [3.8, 4) is 22.3 Å². The lowest BCUT2D eigenvalue weighted by atomic mass is 9.74. The fourth-order valence-electron chi connectivity index (χ4n) is 4.39. The fourth-order valence-corrected chi connectivity index (χ4v) is 4.39. The first kappa shape index (κ1) is 16.9. The molecule has 28 heavy (non-hydrogen) atoms. The number of aryl methyl sites for hydroxylation is 1. The molecule has 5 rings (SSSR count). The van der Waals surface area contributed by atoms with Crippen LogP contribution in [0.1, 0.15) is 35.1 Å². The van der Waals surface area contributed by atoms with E-state index in [2.05, 4.69) is 84.7 Å². The number of benzene rings is 3. The van der Waals surface area contributed by atoms with Gasteiger partial charge >= 0.3 is 0 Å². The Labute approximate surface area is 166 Å². The Kier molecular flexibility index (Phi) is 4.29. The summed E-state index contributed by atoms with van der Waals surface area (Å²) in [6.45, 7) is 2.23.